The molecule has 1 unspecified atom stereocenters. The lowest BCUT2D eigenvalue weighted by Crippen LogP contribution is -2.34. The van der Waals surface area contributed by atoms with Crippen molar-refractivity contribution in [3.63, 3.8) is 0 Å². The molecule has 140 valence electrons. The van der Waals surface area contributed by atoms with Crippen molar-refractivity contribution in [3.05, 3.63) is 48.3 Å². The van der Waals surface area contributed by atoms with Crippen LogP contribution < -0.4 is 5.73 Å². The zero-order valence-corrected chi connectivity index (χ0v) is 16.5. The standard InChI is InChI=1S/C17H26N4O2S.ClH/c1-14(2)17(18)9-10-20(3)24(22,23)16-11-19-21(13-16)12-15-7-5-4-6-8-15;/h4-8,11,13-14,17H,9-10,12,18H2,1-3H3;1H. The van der Waals surface area contributed by atoms with E-state index in [0.717, 1.165) is 5.56 Å². The summed E-state index contributed by atoms with van der Waals surface area (Å²) in [6.07, 6.45) is 3.60. The lowest BCUT2D eigenvalue weighted by Gasteiger charge is -2.20. The number of sulfonamides is 1. The Kier molecular flexibility index (Phi) is 8.08. The summed E-state index contributed by atoms with van der Waals surface area (Å²) in [6, 6.07) is 9.79. The number of hydrogen-bond acceptors (Lipinski definition) is 4. The van der Waals surface area contributed by atoms with E-state index in [1.807, 2.05) is 44.2 Å². The van der Waals surface area contributed by atoms with Crippen LogP contribution in [-0.4, -0.2) is 42.1 Å². The quantitative estimate of drug-likeness (QED) is 0.755. The van der Waals surface area contributed by atoms with E-state index >= 15 is 0 Å². The second kappa shape index (κ2) is 9.33. The highest BCUT2D eigenvalue weighted by atomic mass is 35.5. The molecule has 25 heavy (non-hydrogen) atoms. The third-order valence-electron chi connectivity index (χ3n) is 4.14. The fraction of sp³-hybridized carbons (Fsp3) is 0.471. The average Bonchev–Trinajstić information content (AvgIpc) is 3.02. The number of benzene rings is 1. The Morgan fingerprint density at radius 2 is 1.88 bits per heavy atom. The molecule has 0 aliphatic heterocycles. The summed E-state index contributed by atoms with van der Waals surface area (Å²) in [5.74, 6) is 0.328. The number of halogens is 1. The van der Waals surface area contributed by atoms with Crippen LogP contribution in [0.4, 0.5) is 0 Å². The second-order valence-corrected chi connectivity index (χ2v) is 8.43. The second-order valence-electron chi connectivity index (χ2n) is 6.38. The van der Waals surface area contributed by atoms with Gasteiger partial charge < -0.3 is 5.73 Å². The van der Waals surface area contributed by atoms with E-state index < -0.39 is 10.0 Å². The molecule has 0 fully saturated rings. The van der Waals surface area contributed by atoms with Crippen molar-refractivity contribution < 1.29 is 8.42 Å². The van der Waals surface area contributed by atoms with E-state index in [2.05, 4.69) is 5.10 Å². The summed E-state index contributed by atoms with van der Waals surface area (Å²) in [5.41, 5.74) is 7.07. The van der Waals surface area contributed by atoms with Crippen LogP contribution in [0, 0.1) is 5.92 Å². The lowest BCUT2D eigenvalue weighted by molar-refractivity contribution is 0.397. The summed E-state index contributed by atoms with van der Waals surface area (Å²) in [6.45, 7) is 5.00. The SMILES string of the molecule is CC(C)C(N)CCN(C)S(=O)(=O)c1cnn(Cc2ccccc2)c1.Cl. The predicted octanol–water partition coefficient (Wildman–Crippen LogP) is 2.35. The molecular weight excluding hydrogens is 360 g/mol. The van der Waals surface area contributed by atoms with Crippen LogP contribution in [0.1, 0.15) is 25.8 Å². The third kappa shape index (κ3) is 5.81. The summed E-state index contributed by atoms with van der Waals surface area (Å²) >= 11 is 0. The first-order valence-electron chi connectivity index (χ1n) is 8.09. The zero-order valence-electron chi connectivity index (χ0n) is 14.9. The fourth-order valence-corrected chi connectivity index (χ4v) is 3.44. The minimum Gasteiger partial charge on any atom is -0.327 e. The van der Waals surface area contributed by atoms with Gasteiger partial charge >= 0.3 is 0 Å². The smallest absolute Gasteiger partial charge is 0.245 e. The van der Waals surface area contributed by atoms with E-state index in [-0.39, 0.29) is 23.3 Å². The van der Waals surface area contributed by atoms with Crippen molar-refractivity contribution in [1.29, 1.82) is 0 Å². The largest absolute Gasteiger partial charge is 0.327 e. The van der Waals surface area contributed by atoms with Gasteiger partial charge in [0, 0.05) is 25.8 Å². The molecule has 0 bridgehead atoms. The molecule has 0 amide bonds. The van der Waals surface area contributed by atoms with Crippen molar-refractivity contribution in [1.82, 2.24) is 14.1 Å². The van der Waals surface area contributed by atoms with Crippen LogP contribution in [-0.2, 0) is 16.6 Å². The van der Waals surface area contributed by atoms with E-state index in [1.165, 1.54) is 10.5 Å². The van der Waals surface area contributed by atoms with Gasteiger partial charge in [0.1, 0.15) is 4.90 Å². The normalized spacial score (nSPS) is 13.0. The molecule has 1 aromatic carbocycles. The van der Waals surface area contributed by atoms with Crippen LogP contribution in [0.2, 0.25) is 0 Å². The molecule has 6 nitrogen and oxygen atoms in total. The van der Waals surface area contributed by atoms with Gasteiger partial charge in [-0.15, -0.1) is 12.4 Å². The van der Waals surface area contributed by atoms with Crippen molar-refractivity contribution in [2.24, 2.45) is 11.7 Å². The highest BCUT2D eigenvalue weighted by Crippen LogP contribution is 2.15. The molecule has 1 heterocycles. The van der Waals surface area contributed by atoms with Crippen molar-refractivity contribution >= 4 is 22.4 Å². The maximum absolute atomic E-state index is 12.6. The highest BCUT2D eigenvalue weighted by molar-refractivity contribution is 7.89. The van der Waals surface area contributed by atoms with E-state index in [0.29, 0.717) is 25.4 Å². The van der Waals surface area contributed by atoms with Gasteiger partial charge in [0.05, 0.1) is 12.7 Å². The topological polar surface area (TPSA) is 81.2 Å². The Hall–Kier alpha value is -1.41. The van der Waals surface area contributed by atoms with Gasteiger partial charge in [0.15, 0.2) is 0 Å². The van der Waals surface area contributed by atoms with E-state index in [9.17, 15) is 8.42 Å². The maximum atomic E-state index is 12.6. The van der Waals surface area contributed by atoms with E-state index in [1.54, 1.807) is 17.9 Å². The minimum absolute atomic E-state index is 0. The third-order valence-corrected chi connectivity index (χ3v) is 5.95. The van der Waals surface area contributed by atoms with Gasteiger partial charge in [-0.05, 0) is 17.9 Å². The Balaban J connectivity index is 0.00000312. The minimum atomic E-state index is -3.54. The van der Waals surface area contributed by atoms with Gasteiger partial charge in [-0.1, -0.05) is 44.2 Å². The van der Waals surface area contributed by atoms with Gasteiger partial charge in [-0.25, -0.2) is 12.7 Å². The zero-order chi connectivity index (χ0) is 17.7. The van der Waals surface area contributed by atoms with Crippen molar-refractivity contribution in [3.8, 4) is 0 Å². The first kappa shape index (κ1) is 21.6. The Morgan fingerprint density at radius 3 is 2.48 bits per heavy atom. The molecule has 2 aromatic rings. The van der Waals surface area contributed by atoms with Gasteiger partial charge in [-0.2, -0.15) is 5.10 Å². The van der Waals surface area contributed by atoms with Crippen LogP contribution >= 0.6 is 12.4 Å². The van der Waals surface area contributed by atoms with Crippen LogP contribution in [0.25, 0.3) is 0 Å². The van der Waals surface area contributed by atoms with Crippen LogP contribution in [0.3, 0.4) is 0 Å². The molecule has 0 saturated heterocycles. The van der Waals surface area contributed by atoms with Crippen LogP contribution in [0.15, 0.2) is 47.6 Å². The average molecular weight is 387 g/mol. The van der Waals surface area contributed by atoms with Crippen molar-refractivity contribution in [2.45, 2.75) is 37.8 Å². The fourth-order valence-electron chi connectivity index (χ4n) is 2.30. The molecular formula is C17H27ClN4O2S. The molecule has 1 atom stereocenters. The summed E-state index contributed by atoms with van der Waals surface area (Å²) in [7, 11) is -1.96. The number of aromatic nitrogens is 2. The molecule has 2 rings (SSSR count). The molecule has 0 saturated carbocycles. The monoisotopic (exact) mass is 386 g/mol. The van der Waals surface area contributed by atoms with Crippen LogP contribution in [0.5, 0.6) is 0 Å². The Labute approximate surface area is 156 Å². The molecule has 0 radical (unpaired) electrons. The predicted molar refractivity (Wildman–Crippen MR) is 102 cm³/mol. The summed E-state index contributed by atoms with van der Waals surface area (Å²) in [5, 5.41) is 4.17. The van der Waals surface area contributed by atoms with Crippen molar-refractivity contribution in [2.75, 3.05) is 13.6 Å². The molecule has 2 N–H and O–H groups in total. The summed E-state index contributed by atoms with van der Waals surface area (Å²) < 4.78 is 28.2. The lowest BCUT2D eigenvalue weighted by atomic mass is 10.0. The maximum Gasteiger partial charge on any atom is 0.245 e. The van der Waals surface area contributed by atoms with Gasteiger partial charge in [0.2, 0.25) is 10.0 Å². The van der Waals surface area contributed by atoms with E-state index in [4.69, 9.17) is 5.73 Å². The molecule has 8 heteroatoms. The highest BCUT2D eigenvalue weighted by Gasteiger charge is 2.23. The summed E-state index contributed by atoms with van der Waals surface area (Å²) in [4.78, 5) is 0.207. The van der Waals surface area contributed by atoms with Gasteiger partial charge in [0.25, 0.3) is 0 Å². The first-order valence-corrected chi connectivity index (χ1v) is 9.53. The number of nitrogens with two attached hydrogens (primary N) is 1. The number of hydrogen-bond donors (Lipinski definition) is 1. The Bertz CT molecular complexity index is 747. The number of rotatable bonds is 8. The Morgan fingerprint density at radius 1 is 1.24 bits per heavy atom. The first-order chi connectivity index (χ1) is 11.3. The molecule has 0 spiro atoms. The molecule has 0 aliphatic rings. The molecule has 0 aliphatic carbocycles. The molecule has 1 aromatic heterocycles. The number of nitrogens with zero attached hydrogens (tertiary/aromatic N) is 3. The van der Waals surface area contributed by atoms with Gasteiger partial charge in [-0.3, -0.25) is 4.68 Å².